The minimum atomic E-state index is -0.296. The van der Waals surface area contributed by atoms with Gasteiger partial charge in [0.2, 0.25) is 0 Å². The number of likely N-dealkylation sites (tertiary alicyclic amines) is 2. The Bertz CT molecular complexity index is 1700. The average molecular weight is 711 g/mol. The minimum Gasteiger partial charge on any atom is -0.475 e. The number of piperidine rings is 2. The quantitative estimate of drug-likeness (QED) is 0.137. The first-order valence-corrected chi connectivity index (χ1v) is 18.5. The topological polar surface area (TPSA) is 48.5 Å². The molecule has 0 N–H and O–H groups in total. The molecule has 52 heavy (non-hydrogen) atoms. The van der Waals surface area contributed by atoms with E-state index in [2.05, 4.69) is 9.80 Å². The van der Waals surface area contributed by atoms with Crippen molar-refractivity contribution in [3.05, 3.63) is 119 Å². The van der Waals surface area contributed by atoms with E-state index in [4.69, 9.17) is 9.47 Å². The Morgan fingerprint density at radius 1 is 0.615 bits per heavy atom. The van der Waals surface area contributed by atoms with Gasteiger partial charge in [0.1, 0.15) is 35.6 Å². The fraction of sp³-hybridized carbons (Fsp3) is 0.419. The molecule has 2 saturated heterocycles. The van der Waals surface area contributed by atoms with E-state index in [0.717, 1.165) is 74.7 Å². The summed E-state index contributed by atoms with van der Waals surface area (Å²) in [7, 11) is 8.01. The summed E-state index contributed by atoms with van der Waals surface area (Å²) in [6, 6.07) is 25.4. The van der Waals surface area contributed by atoms with Crippen molar-refractivity contribution in [3.8, 4) is 11.5 Å². The van der Waals surface area contributed by atoms with Gasteiger partial charge in [0.05, 0.1) is 0 Å². The monoisotopic (exact) mass is 710 g/mol. The van der Waals surface area contributed by atoms with E-state index in [0.29, 0.717) is 22.3 Å². The summed E-state index contributed by atoms with van der Waals surface area (Å²) in [5.74, 6) is 0.797. The molecule has 0 spiro atoms. The lowest BCUT2D eigenvalue weighted by atomic mass is 9.85. The highest BCUT2D eigenvalue weighted by atomic mass is 19.1. The number of rotatable bonds is 12. The van der Waals surface area contributed by atoms with Gasteiger partial charge in [-0.05, 0) is 123 Å². The number of hydrogen-bond acceptors (Lipinski definition) is 7. The third kappa shape index (κ3) is 8.76. The molecular weight excluding hydrogens is 658 g/mol. The van der Waals surface area contributed by atoms with E-state index in [1.165, 1.54) is 12.1 Å². The van der Waals surface area contributed by atoms with Gasteiger partial charge in [-0.2, -0.15) is 0 Å². The number of carbonyl (C=O) groups is 1. The van der Waals surface area contributed by atoms with E-state index < -0.39 is 0 Å². The molecule has 2 aliphatic rings. The van der Waals surface area contributed by atoms with Gasteiger partial charge in [-0.25, -0.2) is 8.78 Å². The highest BCUT2D eigenvalue weighted by Crippen LogP contribution is 2.35. The molecule has 2 aliphatic heterocycles. The molecule has 2 fully saturated rings. The summed E-state index contributed by atoms with van der Waals surface area (Å²) in [5, 5.41) is 0. The Balaban J connectivity index is 1.06. The number of hydrogen-bond donors (Lipinski definition) is 0. The third-order valence-electron chi connectivity index (χ3n) is 10.8. The van der Waals surface area contributed by atoms with Gasteiger partial charge < -0.3 is 19.3 Å². The molecular formula is C43H52F2N4O3. The van der Waals surface area contributed by atoms with Gasteiger partial charge in [-0.3, -0.25) is 14.6 Å². The molecule has 2 atom stereocenters. The molecule has 0 aliphatic carbocycles. The number of ether oxygens (including phenoxy) is 2. The molecule has 0 bridgehead atoms. The van der Waals surface area contributed by atoms with Crippen molar-refractivity contribution < 1.29 is 23.0 Å². The zero-order valence-corrected chi connectivity index (χ0v) is 31.3. The lowest BCUT2D eigenvalue weighted by Crippen LogP contribution is -2.42. The first-order chi connectivity index (χ1) is 25.0. The van der Waals surface area contributed by atoms with Crippen LogP contribution < -0.4 is 19.3 Å². The molecule has 4 aromatic carbocycles. The highest BCUT2D eigenvalue weighted by Gasteiger charge is 2.29. The number of halogens is 2. The summed E-state index contributed by atoms with van der Waals surface area (Å²) in [6.45, 7) is 7.11. The maximum Gasteiger partial charge on any atom is 0.193 e. The van der Waals surface area contributed by atoms with Crippen molar-refractivity contribution in [2.75, 3.05) is 64.2 Å². The number of ketones is 1. The van der Waals surface area contributed by atoms with Gasteiger partial charge in [0, 0.05) is 89.0 Å². The standard InChI is InChI=1S/C43H52F2N4O3/c1-29(51-37-11-7-9-35(27-37)46(3)4)48-21-17-31(18-22-48)39-25-33(13-15-41(39)44)43(50)34-14-16-42(45)40(26-34)32-19-23-49(24-20-32)30(2)52-38-12-8-10-36(28-38)47(5)6/h7-16,25-32H,17-24H2,1-6H3. The minimum absolute atomic E-state index is 0.00877. The van der Waals surface area contributed by atoms with E-state index in [1.54, 1.807) is 24.3 Å². The van der Waals surface area contributed by atoms with E-state index >= 15 is 8.78 Å². The lowest BCUT2D eigenvalue weighted by Gasteiger charge is -2.36. The Kier molecular flexibility index (Phi) is 11.8. The normalized spacial score (nSPS) is 17.4. The SMILES string of the molecule is CC(Oc1cccc(N(C)C)c1)N1CCC(c2cc(C(=O)c3ccc(F)c(C4CCN(C(C)Oc5cccc(N(C)C)c5)CC4)c3)ccc2F)CC1. The first-order valence-electron chi connectivity index (χ1n) is 18.5. The molecule has 0 saturated carbocycles. The summed E-state index contributed by atoms with van der Waals surface area (Å²) in [5.41, 5.74) is 4.13. The predicted molar refractivity (Wildman–Crippen MR) is 205 cm³/mol. The maximum atomic E-state index is 15.3. The molecule has 0 amide bonds. The van der Waals surface area contributed by atoms with Crippen LogP contribution in [0.5, 0.6) is 11.5 Å². The van der Waals surface area contributed by atoms with Gasteiger partial charge in [0.15, 0.2) is 5.78 Å². The van der Waals surface area contributed by atoms with Crippen LogP contribution >= 0.6 is 0 Å². The number of nitrogens with zero attached hydrogens (tertiary/aromatic N) is 4. The van der Waals surface area contributed by atoms with Crippen LogP contribution in [-0.2, 0) is 0 Å². The summed E-state index contributed by atoms with van der Waals surface area (Å²) < 4.78 is 43.1. The van der Waals surface area contributed by atoms with Crippen molar-refractivity contribution in [2.24, 2.45) is 0 Å². The Morgan fingerprint density at radius 2 is 1.00 bits per heavy atom. The summed E-state index contributed by atoms with van der Waals surface area (Å²) >= 11 is 0. The third-order valence-corrected chi connectivity index (χ3v) is 10.8. The molecule has 276 valence electrons. The summed E-state index contributed by atoms with van der Waals surface area (Å²) in [6.07, 6.45) is 2.77. The van der Waals surface area contributed by atoms with Crippen molar-refractivity contribution >= 4 is 17.2 Å². The van der Waals surface area contributed by atoms with Gasteiger partial charge in [-0.15, -0.1) is 0 Å². The van der Waals surface area contributed by atoms with Crippen LogP contribution in [-0.4, -0.2) is 82.4 Å². The van der Waals surface area contributed by atoms with Crippen LogP contribution in [0.1, 0.15) is 78.4 Å². The largest absolute Gasteiger partial charge is 0.475 e. The van der Waals surface area contributed by atoms with Crippen LogP contribution in [0.15, 0.2) is 84.9 Å². The second kappa shape index (κ2) is 16.5. The predicted octanol–water partition coefficient (Wildman–Crippen LogP) is 8.54. The summed E-state index contributed by atoms with van der Waals surface area (Å²) in [4.78, 5) is 22.4. The number of carbonyl (C=O) groups excluding carboxylic acids is 1. The van der Waals surface area contributed by atoms with Gasteiger partial charge in [0.25, 0.3) is 0 Å². The molecule has 6 rings (SSSR count). The van der Waals surface area contributed by atoms with Gasteiger partial charge >= 0.3 is 0 Å². The highest BCUT2D eigenvalue weighted by molar-refractivity contribution is 6.09. The Hall–Kier alpha value is -4.47. The van der Waals surface area contributed by atoms with Crippen LogP contribution in [0.3, 0.4) is 0 Å². The van der Waals surface area contributed by atoms with Gasteiger partial charge in [-0.1, -0.05) is 12.1 Å². The first kappa shape index (κ1) is 37.3. The molecule has 7 nitrogen and oxygen atoms in total. The fourth-order valence-corrected chi connectivity index (χ4v) is 7.52. The van der Waals surface area contributed by atoms with Crippen LogP contribution in [0.25, 0.3) is 0 Å². The smallest absolute Gasteiger partial charge is 0.193 e. The Morgan fingerprint density at radius 3 is 1.37 bits per heavy atom. The van der Waals surface area contributed by atoms with Crippen LogP contribution in [0.2, 0.25) is 0 Å². The van der Waals surface area contributed by atoms with Crippen molar-refractivity contribution in [1.29, 1.82) is 0 Å². The number of anilines is 2. The molecule has 2 heterocycles. The number of benzene rings is 4. The fourth-order valence-electron chi connectivity index (χ4n) is 7.52. The molecule has 0 radical (unpaired) electrons. The molecule has 0 aromatic heterocycles. The molecule has 2 unspecified atom stereocenters. The van der Waals surface area contributed by atoms with Crippen molar-refractivity contribution in [3.63, 3.8) is 0 Å². The zero-order chi connectivity index (χ0) is 36.9. The van der Waals surface area contributed by atoms with Crippen LogP contribution in [0, 0.1) is 11.6 Å². The maximum absolute atomic E-state index is 15.3. The molecule has 9 heteroatoms. The second-order valence-corrected chi connectivity index (χ2v) is 14.6. The second-order valence-electron chi connectivity index (χ2n) is 14.6. The van der Waals surface area contributed by atoms with Crippen LogP contribution in [0.4, 0.5) is 20.2 Å². The van der Waals surface area contributed by atoms with E-state index in [1.807, 2.05) is 100 Å². The molecule has 4 aromatic rings. The van der Waals surface area contributed by atoms with E-state index in [9.17, 15) is 4.79 Å². The Labute approximate surface area is 307 Å². The lowest BCUT2D eigenvalue weighted by molar-refractivity contribution is 0.0218. The van der Waals surface area contributed by atoms with Crippen molar-refractivity contribution in [2.45, 2.75) is 63.8 Å². The van der Waals surface area contributed by atoms with E-state index in [-0.39, 0.29) is 41.7 Å². The average Bonchev–Trinajstić information content (AvgIpc) is 3.15. The zero-order valence-electron chi connectivity index (χ0n) is 31.3. The van der Waals surface area contributed by atoms with Crippen molar-refractivity contribution in [1.82, 2.24) is 9.80 Å².